The molecular formula is C12H7BrF4N2O. The maximum atomic E-state index is 13.3. The highest BCUT2D eigenvalue weighted by Crippen LogP contribution is 2.34. The Morgan fingerprint density at radius 3 is 2.50 bits per heavy atom. The van der Waals surface area contributed by atoms with Crippen molar-refractivity contribution in [1.29, 1.82) is 0 Å². The Morgan fingerprint density at radius 2 is 1.90 bits per heavy atom. The van der Waals surface area contributed by atoms with Crippen LogP contribution in [0.25, 0.3) is 0 Å². The zero-order valence-electron chi connectivity index (χ0n) is 9.71. The summed E-state index contributed by atoms with van der Waals surface area (Å²) in [5.74, 6) is -0.822. The van der Waals surface area contributed by atoms with Gasteiger partial charge in [-0.05, 0) is 28.1 Å². The van der Waals surface area contributed by atoms with Gasteiger partial charge in [0.2, 0.25) is 0 Å². The summed E-state index contributed by atoms with van der Waals surface area (Å²) in [6.07, 6.45) is -3.77. The molecular weight excluding hydrogens is 344 g/mol. The van der Waals surface area contributed by atoms with Gasteiger partial charge in [-0.25, -0.2) is 9.37 Å². The number of aromatic nitrogens is 1. The summed E-state index contributed by atoms with van der Waals surface area (Å²) in [6, 6.07) is 4.44. The Bertz CT molecular complexity index is 646. The fourth-order valence-corrected chi connectivity index (χ4v) is 1.60. The third-order valence-corrected chi connectivity index (χ3v) is 2.95. The van der Waals surface area contributed by atoms with E-state index in [1.807, 2.05) is 0 Å². The normalized spacial score (nSPS) is 11.4. The Morgan fingerprint density at radius 1 is 1.20 bits per heavy atom. The third-order valence-electron chi connectivity index (χ3n) is 2.30. The molecule has 106 valence electrons. The van der Waals surface area contributed by atoms with Gasteiger partial charge in [0.25, 0.3) is 0 Å². The molecule has 0 fully saturated rings. The number of hydrogen-bond donors (Lipinski definition) is 1. The summed E-state index contributed by atoms with van der Waals surface area (Å²) in [6.45, 7) is 0. The summed E-state index contributed by atoms with van der Waals surface area (Å²) >= 11 is 2.95. The number of ether oxygens (including phenoxy) is 1. The zero-order chi connectivity index (χ0) is 14.9. The van der Waals surface area contributed by atoms with E-state index in [9.17, 15) is 17.6 Å². The molecule has 0 spiro atoms. The second-order valence-corrected chi connectivity index (χ2v) is 4.64. The molecule has 0 aliphatic heterocycles. The summed E-state index contributed by atoms with van der Waals surface area (Å²) in [7, 11) is 0. The number of benzene rings is 1. The average molecular weight is 351 g/mol. The number of alkyl halides is 3. The van der Waals surface area contributed by atoms with Crippen LogP contribution in [0.1, 0.15) is 5.69 Å². The van der Waals surface area contributed by atoms with Gasteiger partial charge >= 0.3 is 6.18 Å². The summed E-state index contributed by atoms with van der Waals surface area (Å²) in [5, 5.41) is 0. The van der Waals surface area contributed by atoms with E-state index in [-0.39, 0.29) is 21.7 Å². The molecule has 0 bridgehead atoms. The first kappa shape index (κ1) is 14.6. The molecule has 8 heteroatoms. The Hall–Kier alpha value is -1.83. The van der Waals surface area contributed by atoms with Crippen LogP contribution in [-0.2, 0) is 6.18 Å². The molecule has 2 N–H and O–H groups in total. The first-order chi connectivity index (χ1) is 9.27. The van der Waals surface area contributed by atoms with Crippen molar-refractivity contribution in [1.82, 2.24) is 4.98 Å². The largest absolute Gasteiger partial charge is 0.455 e. The van der Waals surface area contributed by atoms with Gasteiger partial charge in [-0.15, -0.1) is 0 Å². The summed E-state index contributed by atoms with van der Waals surface area (Å²) < 4.78 is 56.3. The number of halogens is 5. The Balaban J connectivity index is 2.35. The van der Waals surface area contributed by atoms with Crippen LogP contribution >= 0.6 is 15.9 Å². The van der Waals surface area contributed by atoms with Gasteiger partial charge in [-0.3, -0.25) is 0 Å². The minimum absolute atomic E-state index is 0.0247. The predicted octanol–water partition coefficient (Wildman–Crippen LogP) is 4.38. The van der Waals surface area contributed by atoms with Crippen LogP contribution in [-0.4, -0.2) is 4.98 Å². The molecule has 1 aromatic carbocycles. The zero-order valence-corrected chi connectivity index (χ0v) is 11.3. The maximum absolute atomic E-state index is 13.3. The maximum Gasteiger partial charge on any atom is 0.433 e. The quantitative estimate of drug-likeness (QED) is 0.817. The van der Waals surface area contributed by atoms with E-state index in [0.29, 0.717) is 6.07 Å². The van der Waals surface area contributed by atoms with E-state index in [1.165, 1.54) is 12.1 Å². The van der Waals surface area contributed by atoms with E-state index in [4.69, 9.17) is 10.5 Å². The first-order valence-electron chi connectivity index (χ1n) is 5.23. The standard InChI is InChI=1S/C12H7BrF4N2O/c13-7-2-1-6(3-8(7)14)20-10-4-11(12(15,16)17)19-5-9(10)18/h1-5H,18H2. The van der Waals surface area contributed by atoms with Crippen LogP contribution in [0.4, 0.5) is 23.2 Å². The molecule has 1 heterocycles. The number of nitrogens with zero attached hydrogens (tertiary/aromatic N) is 1. The fraction of sp³-hybridized carbons (Fsp3) is 0.0833. The molecule has 0 amide bonds. The minimum atomic E-state index is -4.61. The van der Waals surface area contributed by atoms with Crippen LogP contribution in [0.15, 0.2) is 34.9 Å². The lowest BCUT2D eigenvalue weighted by Gasteiger charge is -2.11. The van der Waals surface area contributed by atoms with E-state index in [0.717, 1.165) is 12.3 Å². The Kier molecular flexibility index (Phi) is 3.85. The highest BCUT2D eigenvalue weighted by Gasteiger charge is 2.33. The number of nitrogen functional groups attached to an aromatic ring is 1. The highest BCUT2D eigenvalue weighted by molar-refractivity contribution is 9.10. The molecule has 0 radical (unpaired) electrons. The van der Waals surface area contributed by atoms with Crippen LogP contribution in [0.3, 0.4) is 0 Å². The van der Waals surface area contributed by atoms with Gasteiger partial charge in [-0.2, -0.15) is 13.2 Å². The van der Waals surface area contributed by atoms with Gasteiger partial charge < -0.3 is 10.5 Å². The molecule has 0 aliphatic rings. The molecule has 0 unspecified atom stereocenters. The summed E-state index contributed by atoms with van der Waals surface area (Å²) in [4.78, 5) is 3.17. The summed E-state index contributed by atoms with van der Waals surface area (Å²) in [5.41, 5.74) is 4.27. The SMILES string of the molecule is Nc1cnc(C(F)(F)F)cc1Oc1ccc(Br)c(F)c1. The van der Waals surface area contributed by atoms with Crippen LogP contribution < -0.4 is 10.5 Å². The van der Waals surface area contributed by atoms with Gasteiger partial charge in [0.05, 0.1) is 16.4 Å². The number of pyridine rings is 1. The lowest BCUT2D eigenvalue weighted by atomic mass is 10.3. The van der Waals surface area contributed by atoms with Crippen LogP contribution in [0.2, 0.25) is 0 Å². The monoisotopic (exact) mass is 350 g/mol. The number of hydrogen-bond acceptors (Lipinski definition) is 3. The second-order valence-electron chi connectivity index (χ2n) is 3.78. The molecule has 0 atom stereocenters. The van der Waals surface area contributed by atoms with E-state index < -0.39 is 17.7 Å². The number of rotatable bonds is 2. The average Bonchev–Trinajstić information content (AvgIpc) is 2.35. The highest BCUT2D eigenvalue weighted by atomic mass is 79.9. The van der Waals surface area contributed by atoms with E-state index >= 15 is 0 Å². The molecule has 2 aromatic rings. The van der Waals surface area contributed by atoms with Crippen molar-refractivity contribution < 1.29 is 22.3 Å². The Labute approximate surface area is 119 Å². The molecule has 3 nitrogen and oxygen atoms in total. The number of anilines is 1. The van der Waals surface area contributed by atoms with Crippen molar-refractivity contribution in [3.05, 3.63) is 46.4 Å². The third kappa shape index (κ3) is 3.19. The van der Waals surface area contributed by atoms with Gasteiger partial charge in [0.15, 0.2) is 5.75 Å². The van der Waals surface area contributed by atoms with Crippen LogP contribution in [0, 0.1) is 5.82 Å². The van der Waals surface area contributed by atoms with Crippen molar-refractivity contribution in [3.63, 3.8) is 0 Å². The fourth-order valence-electron chi connectivity index (χ4n) is 1.36. The molecule has 1 aromatic heterocycles. The van der Waals surface area contributed by atoms with Crippen molar-refractivity contribution in [3.8, 4) is 11.5 Å². The molecule has 0 saturated carbocycles. The number of nitrogens with two attached hydrogens (primary N) is 1. The minimum Gasteiger partial charge on any atom is -0.455 e. The molecule has 20 heavy (non-hydrogen) atoms. The van der Waals surface area contributed by atoms with Crippen LogP contribution in [0.5, 0.6) is 11.5 Å². The van der Waals surface area contributed by atoms with Crippen molar-refractivity contribution in [2.75, 3.05) is 5.73 Å². The first-order valence-corrected chi connectivity index (χ1v) is 6.02. The lowest BCUT2D eigenvalue weighted by molar-refractivity contribution is -0.141. The van der Waals surface area contributed by atoms with Gasteiger partial charge in [0, 0.05) is 12.1 Å². The molecule has 0 saturated heterocycles. The molecule has 2 rings (SSSR count). The van der Waals surface area contributed by atoms with Gasteiger partial charge in [0.1, 0.15) is 17.3 Å². The van der Waals surface area contributed by atoms with E-state index in [1.54, 1.807) is 0 Å². The molecule has 0 aliphatic carbocycles. The van der Waals surface area contributed by atoms with E-state index in [2.05, 4.69) is 20.9 Å². The second kappa shape index (κ2) is 5.28. The lowest BCUT2D eigenvalue weighted by Crippen LogP contribution is -2.08. The van der Waals surface area contributed by atoms with Crippen molar-refractivity contribution >= 4 is 21.6 Å². The smallest absolute Gasteiger partial charge is 0.433 e. The van der Waals surface area contributed by atoms with Gasteiger partial charge in [-0.1, -0.05) is 0 Å². The van der Waals surface area contributed by atoms with Crippen molar-refractivity contribution in [2.24, 2.45) is 0 Å². The predicted molar refractivity (Wildman–Crippen MR) is 67.8 cm³/mol. The topological polar surface area (TPSA) is 48.1 Å². The van der Waals surface area contributed by atoms with Crippen molar-refractivity contribution in [2.45, 2.75) is 6.18 Å².